The van der Waals surface area contributed by atoms with Crippen molar-refractivity contribution >= 4 is 39.6 Å². The fourth-order valence-corrected chi connectivity index (χ4v) is 7.91. The van der Waals surface area contributed by atoms with Gasteiger partial charge in [-0.15, -0.1) is 18.2 Å². The maximum Gasteiger partial charge on any atom is 0.121 e. The fourth-order valence-electron chi connectivity index (χ4n) is 5.74. The predicted molar refractivity (Wildman–Crippen MR) is 194 cm³/mol. The minimum absolute atomic E-state index is 0. The summed E-state index contributed by atoms with van der Waals surface area (Å²) >= 11 is -1.94. The molecule has 1 aliphatic carbocycles. The van der Waals surface area contributed by atoms with Crippen LogP contribution < -0.4 is 4.40 Å². The van der Waals surface area contributed by atoms with E-state index >= 15 is 0 Å². The molecule has 0 unspecified atom stereocenters. The van der Waals surface area contributed by atoms with Gasteiger partial charge in [0.15, 0.2) is 0 Å². The van der Waals surface area contributed by atoms with Crippen LogP contribution in [0.15, 0.2) is 108 Å². The first kappa shape index (κ1) is 26.0. The summed E-state index contributed by atoms with van der Waals surface area (Å²) < 4.78 is 77.6. The van der Waals surface area contributed by atoms with Gasteiger partial charge in [-0.1, -0.05) is 64.5 Å². The van der Waals surface area contributed by atoms with Crippen molar-refractivity contribution in [1.82, 2.24) is 9.97 Å². The van der Waals surface area contributed by atoms with Gasteiger partial charge < -0.3 is 9.40 Å². The van der Waals surface area contributed by atoms with E-state index in [1.807, 2.05) is 42.5 Å². The molecule has 0 saturated heterocycles. The summed E-state index contributed by atoms with van der Waals surface area (Å²) in [5, 5.41) is 1.86. The number of pyridine rings is 2. The van der Waals surface area contributed by atoms with Crippen molar-refractivity contribution in [1.29, 1.82) is 0 Å². The van der Waals surface area contributed by atoms with E-state index in [0.29, 0.717) is 33.7 Å². The molecule has 0 bridgehead atoms. The second-order valence-electron chi connectivity index (χ2n) is 12.5. The second kappa shape index (κ2) is 14.3. The number of furan rings is 1. The van der Waals surface area contributed by atoms with E-state index in [0.717, 1.165) is 33.5 Å². The van der Waals surface area contributed by atoms with Crippen LogP contribution in [-0.2, 0) is 32.9 Å². The number of rotatable bonds is 4. The summed E-state index contributed by atoms with van der Waals surface area (Å²) in [4.78, 5) is 8.81. The van der Waals surface area contributed by atoms with Crippen LogP contribution in [0.4, 0.5) is 4.39 Å². The quantitative estimate of drug-likeness (QED) is 0.131. The third kappa shape index (κ3) is 6.96. The Balaban J connectivity index is 0.000000204. The smallest absolute Gasteiger partial charge is 0.121 e. The Morgan fingerprint density at radius 2 is 1.69 bits per heavy atom. The van der Waals surface area contributed by atoms with Crippen molar-refractivity contribution in [3.63, 3.8) is 0 Å². The van der Waals surface area contributed by atoms with Gasteiger partial charge in [-0.05, 0) is 54.5 Å². The average molecular weight is 877 g/mol. The van der Waals surface area contributed by atoms with Crippen molar-refractivity contribution in [2.45, 2.75) is 49.7 Å². The van der Waals surface area contributed by atoms with Crippen molar-refractivity contribution in [2.24, 2.45) is 0 Å². The van der Waals surface area contributed by atoms with Gasteiger partial charge in [0.05, 0.1) is 5.58 Å². The molecule has 4 aromatic carbocycles. The van der Waals surface area contributed by atoms with Crippen LogP contribution in [-0.4, -0.2) is 23.2 Å². The molecule has 0 aliphatic heterocycles. The van der Waals surface area contributed by atoms with Gasteiger partial charge in [-0.25, -0.2) is 0 Å². The van der Waals surface area contributed by atoms with Crippen LogP contribution in [0.3, 0.4) is 0 Å². The maximum atomic E-state index is 14.1. The van der Waals surface area contributed by atoms with Gasteiger partial charge in [-0.3, -0.25) is 0 Å². The van der Waals surface area contributed by atoms with Crippen LogP contribution in [0.1, 0.15) is 39.1 Å². The normalized spacial score (nSPS) is 17.1. The first-order chi connectivity index (χ1) is 25.4. The van der Waals surface area contributed by atoms with Gasteiger partial charge in [0.25, 0.3) is 0 Å². The van der Waals surface area contributed by atoms with Crippen LogP contribution in [0.25, 0.3) is 55.6 Å². The Morgan fingerprint density at radius 1 is 0.854 bits per heavy atom. The van der Waals surface area contributed by atoms with Crippen molar-refractivity contribution < 1.29 is 38.5 Å². The predicted octanol–water partition coefficient (Wildman–Crippen LogP) is 10.5. The summed E-state index contributed by atoms with van der Waals surface area (Å²) in [6.07, 6.45) is 0.286. The summed E-state index contributed by atoms with van der Waals surface area (Å²) in [5.41, 5.74) is 5.70. The molecule has 0 atom stereocenters. The van der Waals surface area contributed by atoms with Crippen LogP contribution in [0, 0.1) is 24.8 Å². The number of hydrogen-bond donors (Lipinski definition) is 0. The largest absolute Gasteiger partial charge is 0.501 e. The molecule has 6 heteroatoms. The fraction of sp³-hybridized carbons (Fsp3) is 0.190. The Morgan fingerprint density at radius 3 is 2.44 bits per heavy atom. The molecule has 0 N–H and O–H groups in total. The summed E-state index contributed by atoms with van der Waals surface area (Å²) in [6, 6.07) is 33.6. The third-order valence-corrected chi connectivity index (χ3v) is 12.5. The van der Waals surface area contributed by atoms with E-state index in [1.165, 1.54) is 10.5 Å². The third-order valence-electron chi connectivity index (χ3n) is 8.25. The minimum Gasteiger partial charge on any atom is -0.501 e. The Kier molecular flexibility index (Phi) is 7.75. The topological polar surface area (TPSA) is 38.9 Å². The number of hydrogen-bond acceptors (Lipinski definition) is 3. The van der Waals surface area contributed by atoms with Gasteiger partial charge >= 0.3 is 114 Å². The number of nitrogens with zero attached hydrogens (tertiary/aromatic N) is 2. The van der Waals surface area contributed by atoms with Gasteiger partial charge in [0, 0.05) is 37.2 Å². The minimum atomic E-state index is -2.33. The number of fused-ring (bicyclic) bond motifs is 4. The Labute approximate surface area is 308 Å². The molecule has 1 radical (unpaired) electrons. The molecule has 0 spiro atoms. The monoisotopic (exact) mass is 878 g/mol. The SMILES string of the molecule is [2H]C([2H])([2H])c1c[c-]c(-c2cc[c]([Ge]([CH3])([CH3])[CH3])cn2)c(F)c1.[2H]C1([2H])CCC([2H])([2H])c2c1ccnc2-c1[c-]ccc2c1oc1cc(-c3ccccc3)ccc12.[Ir]. The maximum absolute atomic E-state index is 14.1. The Hall–Kier alpha value is -3.90. The number of aryl methyl sites for hydroxylation is 2. The molecule has 7 aromatic rings. The first-order valence-electron chi connectivity index (χ1n) is 19.1. The molecule has 0 saturated carbocycles. The summed E-state index contributed by atoms with van der Waals surface area (Å²) in [5.74, 6) is 6.17. The number of aromatic nitrogens is 2. The van der Waals surface area contributed by atoms with Gasteiger partial charge in [0.2, 0.25) is 0 Å². The first-order valence-corrected chi connectivity index (χ1v) is 22.9. The molecule has 243 valence electrons. The van der Waals surface area contributed by atoms with Crippen LogP contribution in [0.5, 0.6) is 0 Å². The zero-order valence-corrected chi connectivity index (χ0v) is 31.2. The summed E-state index contributed by atoms with van der Waals surface area (Å²) in [7, 11) is 0. The molecule has 3 nitrogen and oxygen atoms in total. The molecule has 48 heavy (non-hydrogen) atoms. The average Bonchev–Trinajstić information content (AvgIpc) is 3.52. The van der Waals surface area contributed by atoms with E-state index in [-0.39, 0.29) is 44.1 Å². The number of benzene rings is 4. The van der Waals surface area contributed by atoms with Gasteiger partial charge in [-0.2, -0.15) is 0 Å². The molecule has 3 heterocycles. The zero-order chi connectivity index (χ0) is 38.6. The standard InChI is InChI=1S/C27H20NO.C15H17FGeN.Ir/c1-2-7-18(8-3-1)20-13-14-22-23-11-6-12-24(27(23)29-25(22)17-20)26-21-10-5-4-9-19(21)15-16-28-26;1-11-5-7-13(14(16)9-11)15-8-6-12(10-18-15)17(2,3)4;/h1-3,6-8,11,13-17H,4-5,9-10H2;5-6,8-10H,1-4H3;/q2*-1;/i9D2,10D2;1D3;. The van der Waals surface area contributed by atoms with Crippen molar-refractivity contribution in [2.75, 3.05) is 0 Å². The van der Waals surface area contributed by atoms with E-state index in [4.69, 9.17) is 14.0 Å². The number of halogens is 1. The molecule has 0 amide bonds. The molecule has 3 aromatic heterocycles. The molecular formula is C42H37FGeIrN2O-2. The van der Waals surface area contributed by atoms with E-state index in [1.54, 1.807) is 30.6 Å². The van der Waals surface area contributed by atoms with E-state index in [2.05, 4.69) is 57.6 Å². The van der Waals surface area contributed by atoms with Crippen LogP contribution >= 0.6 is 0 Å². The van der Waals surface area contributed by atoms with Crippen molar-refractivity contribution in [3.8, 4) is 33.6 Å². The Bertz CT molecular complexity index is 2500. The van der Waals surface area contributed by atoms with E-state index in [9.17, 15) is 4.39 Å². The van der Waals surface area contributed by atoms with Crippen LogP contribution in [0.2, 0.25) is 17.3 Å². The van der Waals surface area contributed by atoms with Crippen molar-refractivity contribution in [3.05, 3.63) is 138 Å². The molecular weight excluding hydrogens is 832 g/mol. The van der Waals surface area contributed by atoms with Gasteiger partial charge in [0.1, 0.15) is 5.58 Å². The molecule has 0 fully saturated rings. The second-order valence-corrected chi connectivity index (χ2v) is 23.2. The van der Waals surface area contributed by atoms with E-state index < -0.39 is 38.7 Å². The zero-order valence-electron chi connectivity index (χ0n) is 33.7. The molecule has 1 aliphatic rings. The molecule has 8 rings (SSSR count). The summed E-state index contributed by atoms with van der Waals surface area (Å²) in [6.45, 7) is -2.33.